The largest absolute Gasteiger partial charge is 0.358 e. The first-order valence-electron chi connectivity index (χ1n) is 9.91. The summed E-state index contributed by atoms with van der Waals surface area (Å²) in [5, 5.41) is 5.36. The lowest BCUT2D eigenvalue weighted by Gasteiger charge is -2.15. The molecule has 0 atom stereocenters. The quantitative estimate of drug-likeness (QED) is 0.586. The van der Waals surface area contributed by atoms with Gasteiger partial charge in [0.15, 0.2) is 0 Å². The maximum atomic E-state index is 14.7. The molecule has 33 heavy (non-hydrogen) atoms. The van der Waals surface area contributed by atoms with E-state index >= 15 is 0 Å². The van der Waals surface area contributed by atoms with Crippen LogP contribution in [-0.2, 0) is 0 Å². The first kappa shape index (κ1) is 22.3. The predicted molar refractivity (Wildman–Crippen MR) is 122 cm³/mol. The number of pyridine rings is 1. The lowest BCUT2D eigenvalue weighted by Crippen LogP contribution is -2.24. The molecule has 168 valence electrons. The second-order valence-corrected chi connectivity index (χ2v) is 7.72. The van der Waals surface area contributed by atoms with Gasteiger partial charge in [-0.2, -0.15) is 0 Å². The number of rotatable bonds is 5. The fourth-order valence-corrected chi connectivity index (χ4v) is 3.43. The van der Waals surface area contributed by atoms with Crippen LogP contribution in [0.15, 0.2) is 59.7 Å². The minimum absolute atomic E-state index is 0.0104. The van der Waals surface area contributed by atoms with Crippen LogP contribution >= 0.6 is 11.6 Å². The fraction of sp³-hybridized carbons (Fsp3) is 0.130. The molecule has 0 saturated heterocycles. The van der Waals surface area contributed by atoms with Crippen molar-refractivity contribution in [2.45, 2.75) is 0 Å². The molecule has 3 aromatic rings. The number of nitrogens with one attached hydrogen (secondary N) is 2. The average Bonchev–Trinajstić information content (AvgIpc) is 3.22. The number of amidine groups is 1. The van der Waals surface area contributed by atoms with Gasteiger partial charge in [0.05, 0.1) is 28.4 Å². The number of anilines is 2. The highest BCUT2D eigenvalue weighted by molar-refractivity contribution is 6.30. The van der Waals surface area contributed by atoms with Crippen molar-refractivity contribution in [1.82, 2.24) is 9.88 Å². The minimum Gasteiger partial charge on any atom is -0.358 e. The molecule has 0 radical (unpaired) electrons. The molecule has 0 unspecified atom stereocenters. The Bertz CT molecular complexity index is 1260. The smallest absolute Gasteiger partial charge is 0.259 e. The maximum Gasteiger partial charge on any atom is 0.259 e. The van der Waals surface area contributed by atoms with Gasteiger partial charge >= 0.3 is 0 Å². The molecule has 0 saturated carbocycles. The van der Waals surface area contributed by atoms with Crippen molar-refractivity contribution in [2.24, 2.45) is 4.99 Å². The number of likely N-dealkylation sites (N-methyl/N-ethyl adjacent to an activating group) is 1. The molecule has 2 heterocycles. The van der Waals surface area contributed by atoms with Gasteiger partial charge < -0.3 is 15.5 Å². The van der Waals surface area contributed by atoms with Gasteiger partial charge in [0.2, 0.25) is 0 Å². The Labute approximate surface area is 193 Å². The van der Waals surface area contributed by atoms with E-state index in [-0.39, 0.29) is 22.6 Å². The lowest BCUT2D eigenvalue weighted by molar-refractivity contribution is 0.102. The summed E-state index contributed by atoms with van der Waals surface area (Å²) in [4.78, 5) is 35.6. The van der Waals surface area contributed by atoms with Gasteiger partial charge in [-0.05, 0) is 42.5 Å². The molecule has 2 N–H and O–H groups in total. The number of aromatic nitrogens is 1. The second-order valence-electron chi connectivity index (χ2n) is 7.28. The normalized spacial score (nSPS) is 13.0. The molecule has 0 aliphatic carbocycles. The molecule has 7 nitrogen and oxygen atoms in total. The number of hydrogen-bond donors (Lipinski definition) is 2. The van der Waals surface area contributed by atoms with Crippen molar-refractivity contribution in [3.05, 3.63) is 88.1 Å². The van der Waals surface area contributed by atoms with Gasteiger partial charge in [-0.3, -0.25) is 14.6 Å². The number of hydrogen-bond acceptors (Lipinski definition) is 5. The minimum atomic E-state index is -0.786. The third-order valence-corrected chi connectivity index (χ3v) is 5.20. The average molecular weight is 470 g/mol. The van der Waals surface area contributed by atoms with Crippen LogP contribution < -0.4 is 10.6 Å². The van der Waals surface area contributed by atoms with E-state index in [2.05, 4.69) is 20.6 Å². The Morgan fingerprint density at radius 1 is 1.00 bits per heavy atom. The highest BCUT2D eigenvalue weighted by atomic mass is 35.5. The van der Waals surface area contributed by atoms with E-state index in [1.807, 2.05) is 11.9 Å². The topological polar surface area (TPSA) is 86.7 Å². The van der Waals surface area contributed by atoms with Gasteiger partial charge in [0.1, 0.15) is 23.3 Å². The summed E-state index contributed by atoms with van der Waals surface area (Å²) in [6, 6.07) is 10.5. The van der Waals surface area contributed by atoms with E-state index in [4.69, 9.17) is 11.6 Å². The zero-order valence-electron chi connectivity index (χ0n) is 17.4. The molecule has 0 spiro atoms. The fourth-order valence-electron chi connectivity index (χ4n) is 3.32. The number of nitrogens with zero attached hydrogens (tertiary/aromatic N) is 3. The highest BCUT2D eigenvalue weighted by Crippen LogP contribution is 2.22. The number of carbonyl (C=O) groups is 2. The molecule has 0 bridgehead atoms. The van der Waals surface area contributed by atoms with E-state index < -0.39 is 23.4 Å². The number of carbonyl (C=O) groups excluding carboxylic acids is 2. The molecule has 10 heteroatoms. The molecule has 1 aliphatic heterocycles. The van der Waals surface area contributed by atoms with Gasteiger partial charge in [-0.15, -0.1) is 0 Å². The number of aliphatic imine (C=N–C) groups is 1. The molecule has 2 amide bonds. The van der Waals surface area contributed by atoms with E-state index in [9.17, 15) is 18.4 Å². The van der Waals surface area contributed by atoms with Crippen molar-refractivity contribution >= 4 is 40.8 Å². The van der Waals surface area contributed by atoms with Crippen molar-refractivity contribution in [1.29, 1.82) is 0 Å². The Kier molecular flexibility index (Phi) is 6.32. The predicted octanol–water partition coefficient (Wildman–Crippen LogP) is 4.21. The molecule has 2 aromatic carbocycles. The van der Waals surface area contributed by atoms with E-state index in [0.717, 1.165) is 18.7 Å². The Hall–Kier alpha value is -3.85. The lowest BCUT2D eigenvalue weighted by atomic mass is 10.1. The van der Waals surface area contributed by atoms with Crippen LogP contribution in [0.3, 0.4) is 0 Å². The van der Waals surface area contributed by atoms with Gasteiger partial charge in [-0.25, -0.2) is 13.8 Å². The molecule has 1 aliphatic rings. The number of amides is 2. The highest BCUT2D eigenvalue weighted by Gasteiger charge is 2.20. The van der Waals surface area contributed by atoms with Crippen LogP contribution in [-0.4, -0.2) is 47.7 Å². The summed E-state index contributed by atoms with van der Waals surface area (Å²) in [6.07, 6.45) is 1.34. The molecular weight excluding hydrogens is 452 g/mol. The van der Waals surface area contributed by atoms with Crippen molar-refractivity contribution < 1.29 is 18.4 Å². The first-order valence-corrected chi connectivity index (χ1v) is 10.3. The van der Waals surface area contributed by atoms with Crippen LogP contribution in [0.25, 0.3) is 0 Å². The van der Waals surface area contributed by atoms with Crippen molar-refractivity contribution in [3.63, 3.8) is 0 Å². The number of halogens is 3. The Balaban J connectivity index is 1.56. The van der Waals surface area contributed by atoms with E-state index in [1.54, 1.807) is 6.07 Å². The van der Waals surface area contributed by atoms with E-state index in [0.29, 0.717) is 23.0 Å². The summed E-state index contributed by atoms with van der Waals surface area (Å²) in [5.74, 6) is -2.09. The van der Waals surface area contributed by atoms with Crippen LogP contribution in [0.2, 0.25) is 5.02 Å². The summed E-state index contributed by atoms with van der Waals surface area (Å²) in [6.45, 7) is 1.36. The van der Waals surface area contributed by atoms with Gasteiger partial charge in [0.25, 0.3) is 11.8 Å². The third-order valence-electron chi connectivity index (χ3n) is 4.97. The van der Waals surface area contributed by atoms with E-state index in [1.165, 1.54) is 36.5 Å². The van der Waals surface area contributed by atoms with Gasteiger partial charge in [-0.1, -0.05) is 17.7 Å². The molecule has 1 aromatic heterocycles. The Morgan fingerprint density at radius 3 is 2.45 bits per heavy atom. The third kappa shape index (κ3) is 4.98. The summed E-state index contributed by atoms with van der Waals surface area (Å²) in [7, 11) is 1.85. The van der Waals surface area contributed by atoms with Crippen LogP contribution in [0.4, 0.5) is 20.3 Å². The molecule has 4 rings (SSSR count). The zero-order chi connectivity index (χ0) is 23.5. The maximum absolute atomic E-state index is 14.7. The SMILES string of the molecule is CN1CCN=C1c1ccc(C(=O)Nc2ccc(F)cc2C(=O)Nc2ccc(Cl)cn2)c(F)c1. The van der Waals surface area contributed by atoms with Gasteiger partial charge in [0, 0.05) is 25.4 Å². The number of benzene rings is 2. The van der Waals surface area contributed by atoms with Crippen LogP contribution in [0.1, 0.15) is 26.3 Å². The monoisotopic (exact) mass is 469 g/mol. The van der Waals surface area contributed by atoms with Crippen molar-refractivity contribution in [3.8, 4) is 0 Å². The Morgan fingerprint density at radius 2 is 1.79 bits per heavy atom. The van der Waals surface area contributed by atoms with Crippen LogP contribution in [0, 0.1) is 11.6 Å². The molecule has 0 fully saturated rings. The standard InChI is InChI=1S/C23H18ClF2N5O2/c1-31-9-8-27-21(31)13-2-5-16(18(26)10-13)22(32)29-19-6-4-15(25)11-17(19)23(33)30-20-7-3-14(24)12-28-20/h2-7,10-12H,8-9H2,1H3,(H,29,32)(H,28,30,33). The summed E-state index contributed by atoms with van der Waals surface area (Å²) < 4.78 is 28.6. The summed E-state index contributed by atoms with van der Waals surface area (Å²) >= 11 is 5.78. The zero-order valence-corrected chi connectivity index (χ0v) is 18.2. The van der Waals surface area contributed by atoms with Crippen LogP contribution in [0.5, 0.6) is 0 Å². The second kappa shape index (κ2) is 9.33. The summed E-state index contributed by atoms with van der Waals surface area (Å²) in [5.41, 5.74) is 0.187. The van der Waals surface area contributed by atoms with Crippen molar-refractivity contribution in [2.75, 3.05) is 30.8 Å². The molecular formula is C23H18ClF2N5O2. The first-order chi connectivity index (χ1) is 15.8.